The van der Waals surface area contributed by atoms with Gasteiger partial charge in [-0.2, -0.15) is 4.58 Å². The monoisotopic (exact) mass is 584 g/mol. The predicted molar refractivity (Wildman–Crippen MR) is 160 cm³/mol. The lowest BCUT2D eigenvalue weighted by Gasteiger charge is -2.31. The molecule has 38 heavy (non-hydrogen) atoms. The maximum Gasteiger partial charge on any atom is 0.257 e. The molecule has 1 fully saturated rings. The Bertz CT molecular complexity index is 1200. The topological polar surface area (TPSA) is 77.3 Å². The van der Waals surface area contributed by atoms with E-state index in [0.717, 1.165) is 41.8 Å². The van der Waals surface area contributed by atoms with Crippen LogP contribution in [0.1, 0.15) is 79.3 Å². The maximum absolute atomic E-state index is 13.4. The first-order chi connectivity index (χ1) is 18.0. The fourth-order valence-corrected chi connectivity index (χ4v) is 5.81. The third-order valence-corrected chi connectivity index (χ3v) is 8.15. The van der Waals surface area contributed by atoms with E-state index in [4.69, 9.17) is 0 Å². The molecule has 0 bridgehead atoms. The van der Waals surface area contributed by atoms with E-state index in [-0.39, 0.29) is 23.4 Å². The fourth-order valence-electron chi connectivity index (χ4n) is 5.33. The Morgan fingerprint density at radius 3 is 2.61 bits per heavy atom. The van der Waals surface area contributed by atoms with Gasteiger partial charge in [0, 0.05) is 48.8 Å². The minimum atomic E-state index is -0.176. The molecule has 1 saturated heterocycles. The fraction of sp³-hybridized carbons (Fsp3) is 0.533. The van der Waals surface area contributed by atoms with E-state index < -0.39 is 0 Å². The molecule has 3 heterocycles. The molecule has 2 aliphatic heterocycles. The van der Waals surface area contributed by atoms with E-state index in [0.29, 0.717) is 35.5 Å². The Hall–Kier alpha value is -2.58. The number of rotatable bonds is 9. The zero-order valence-corrected chi connectivity index (χ0v) is 25.5. The van der Waals surface area contributed by atoms with E-state index in [9.17, 15) is 9.59 Å². The Morgan fingerprint density at radius 1 is 1.24 bits per heavy atom. The van der Waals surface area contributed by atoms with Gasteiger partial charge in [-0.3, -0.25) is 19.5 Å². The zero-order chi connectivity index (χ0) is 28.0. The molecule has 0 radical (unpaired) electrons. The quantitative estimate of drug-likeness (QED) is 0.263. The van der Waals surface area contributed by atoms with Crippen LogP contribution < -0.4 is 10.6 Å². The predicted octanol–water partition coefficient (Wildman–Crippen LogP) is 6.32. The van der Waals surface area contributed by atoms with Crippen LogP contribution in [-0.4, -0.2) is 56.7 Å². The van der Waals surface area contributed by atoms with E-state index in [1.807, 2.05) is 13.8 Å². The van der Waals surface area contributed by atoms with Crippen LogP contribution in [0.15, 0.2) is 46.2 Å². The molecule has 0 aromatic carbocycles. The highest BCUT2D eigenvalue weighted by Gasteiger charge is 2.32. The number of hydrogen-bond donors (Lipinski definition) is 2. The smallest absolute Gasteiger partial charge is 0.257 e. The van der Waals surface area contributed by atoms with Crippen LogP contribution in [-0.2, 0) is 9.59 Å². The van der Waals surface area contributed by atoms with Gasteiger partial charge < -0.3 is 10.6 Å². The summed E-state index contributed by atoms with van der Waals surface area (Å²) in [4.78, 5) is 32.9. The third-order valence-electron chi connectivity index (χ3n) is 7.65. The van der Waals surface area contributed by atoms with Gasteiger partial charge in [-0.1, -0.05) is 29.8 Å². The molecule has 1 unspecified atom stereocenters. The van der Waals surface area contributed by atoms with Crippen LogP contribution >= 0.6 is 15.9 Å². The van der Waals surface area contributed by atoms with E-state index in [1.165, 1.54) is 6.42 Å². The number of amides is 2. The van der Waals surface area contributed by atoms with Crippen LogP contribution in [0, 0.1) is 6.92 Å². The van der Waals surface area contributed by atoms with Crippen molar-refractivity contribution in [2.75, 3.05) is 23.7 Å². The van der Waals surface area contributed by atoms with Gasteiger partial charge in [-0.15, -0.1) is 0 Å². The molecule has 0 saturated carbocycles. The molecular formula is C30H43BrN5O2+. The summed E-state index contributed by atoms with van der Waals surface area (Å²) in [5, 5.41) is 6.00. The summed E-state index contributed by atoms with van der Waals surface area (Å²) in [5.74, 6) is -0.226. The average molecular weight is 586 g/mol. The SMILES string of the molecule is CC/C(=C(/C)C(=O)Nc1cc(NC(=O)CCN2CCCC2(C)C)cnc1C)[N+]1=C(C)C=C(Br)C=CC1CC. The summed E-state index contributed by atoms with van der Waals surface area (Å²) in [7, 11) is 0. The van der Waals surface area contributed by atoms with Crippen LogP contribution in [0.4, 0.5) is 11.4 Å². The Morgan fingerprint density at radius 2 is 1.97 bits per heavy atom. The van der Waals surface area contributed by atoms with Gasteiger partial charge in [-0.25, -0.2) is 0 Å². The maximum atomic E-state index is 13.4. The van der Waals surface area contributed by atoms with Gasteiger partial charge in [0.15, 0.2) is 17.5 Å². The number of pyridine rings is 1. The van der Waals surface area contributed by atoms with Crippen molar-refractivity contribution in [3.63, 3.8) is 0 Å². The molecule has 0 spiro atoms. The van der Waals surface area contributed by atoms with Crippen molar-refractivity contribution in [2.24, 2.45) is 0 Å². The van der Waals surface area contributed by atoms with Crippen molar-refractivity contribution in [1.82, 2.24) is 9.88 Å². The number of carbonyl (C=O) groups is 2. The third kappa shape index (κ3) is 7.29. The van der Waals surface area contributed by atoms with Gasteiger partial charge >= 0.3 is 0 Å². The number of halogens is 1. The number of anilines is 2. The normalized spacial score (nSPS) is 20.1. The standard InChI is InChI=1S/C30H42BrN5O2/c1-8-25-12-11-23(31)17-20(3)36(25)27(9-2)21(4)29(38)34-26-18-24(19-32-22(26)5)33-28(37)13-16-35-15-10-14-30(35,6)7/h11-12,17-19,25H,8-10,13-16H2,1-7H3,(H-,33,34,37,38)/p+1/b27-21+. The first kappa shape index (κ1) is 30.0. The summed E-state index contributed by atoms with van der Waals surface area (Å²) in [6.07, 6.45) is 12.3. The van der Waals surface area contributed by atoms with Gasteiger partial charge in [0.2, 0.25) is 5.91 Å². The van der Waals surface area contributed by atoms with E-state index >= 15 is 0 Å². The van der Waals surface area contributed by atoms with Crippen molar-refractivity contribution >= 4 is 44.8 Å². The van der Waals surface area contributed by atoms with Gasteiger partial charge in [-0.05, 0) is 65.3 Å². The number of aryl methyl sites for hydroxylation is 1. The van der Waals surface area contributed by atoms with Crippen LogP contribution in [0.2, 0.25) is 0 Å². The Kier molecular flexibility index (Phi) is 10.2. The Labute approximate surface area is 236 Å². The molecule has 8 heteroatoms. The molecule has 0 aliphatic carbocycles. The number of likely N-dealkylation sites (tertiary alicyclic amines) is 1. The molecular weight excluding hydrogens is 542 g/mol. The molecule has 1 aromatic heterocycles. The summed E-state index contributed by atoms with van der Waals surface area (Å²) in [6.45, 7) is 16.3. The number of aromatic nitrogens is 1. The molecule has 3 rings (SSSR count). The highest BCUT2D eigenvalue weighted by atomic mass is 79.9. The van der Waals surface area contributed by atoms with Crippen LogP contribution in [0.3, 0.4) is 0 Å². The molecule has 1 aromatic rings. The molecule has 206 valence electrons. The van der Waals surface area contributed by atoms with Crippen molar-refractivity contribution in [2.45, 2.75) is 92.2 Å². The minimum Gasteiger partial charge on any atom is -0.325 e. The molecule has 2 amide bonds. The van der Waals surface area contributed by atoms with Gasteiger partial charge in [0.1, 0.15) is 0 Å². The van der Waals surface area contributed by atoms with E-state index in [1.54, 1.807) is 12.3 Å². The van der Waals surface area contributed by atoms with Crippen LogP contribution in [0.5, 0.6) is 0 Å². The van der Waals surface area contributed by atoms with Crippen LogP contribution in [0.25, 0.3) is 0 Å². The summed E-state index contributed by atoms with van der Waals surface area (Å²) < 4.78 is 3.27. The number of allylic oxidation sites excluding steroid dienone is 4. The van der Waals surface area contributed by atoms with Gasteiger partial charge in [0.25, 0.3) is 5.91 Å². The molecule has 2 N–H and O–H groups in total. The number of hydrogen-bond acceptors (Lipinski definition) is 4. The Balaban J connectivity index is 1.76. The van der Waals surface area contributed by atoms with Gasteiger partial charge in [0.05, 0.1) is 28.8 Å². The second kappa shape index (κ2) is 13.0. The minimum absolute atomic E-state index is 0.0509. The van der Waals surface area contributed by atoms with Crippen molar-refractivity contribution in [3.8, 4) is 0 Å². The lowest BCUT2D eigenvalue weighted by molar-refractivity contribution is -0.509. The summed E-state index contributed by atoms with van der Waals surface area (Å²) in [6, 6.07) is 1.95. The van der Waals surface area contributed by atoms with Crippen molar-refractivity contribution in [1.29, 1.82) is 0 Å². The second-order valence-electron chi connectivity index (χ2n) is 10.8. The lowest BCUT2D eigenvalue weighted by atomic mass is 10.0. The highest BCUT2D eigenvalue weighted by Crippen LogP contribution is 2.28. The number of carbonyl (C=O) groups excluding carboxylic acids is 2. The molecule has 1 atom stereocenters. The average Bonchev–Trinajstić information content (AvgIpc) is 3.13. The summed E-state index contributed by atoms with van der Waals surface area (Å²) in [5.41, 5.74) is 4.74. The van der Waals surface area contributed by atoms with E-state index in [2.05, 4.69) is 93.9 Å². The molecule has 7 nitrogen and oxygen atoms in total. The lowest BCUT2D eigenvalue weighted by Crippen LogP contribution is -2.39. The number of nitrogens with zero attached hydrogens (tertiary/aromatic N) is 3. The molecule has 2 aliphatic rings. The van der Waals surface area contributed by atoms with Crippen molar-refractivity contribution < 1.29 is 14.2 Å². The highest BCUT2D eigenvalue weighted by molar-refractivity contribution is 9.11. The first-order valence-electron chi connectivity index (χ1n) is 13.7. The largest absolute Gasteiger partial charge is 0.325 e. The zero-order valence-electron chi connectivity index (χ0n) is 23.9. The first-order valence-corrected chi connectivity index (χ1v) is 14.5. The second-order valence-corrected chi connectivity index (χ2v) is 11.7. The number of nitrogens with one attached hydrogen (secondary N) is 2. The van der Waals surface area contributed by atoms with Crippen molar-refractivity contribution in [3.05, 3.63) is 51.9 Å². The summed E-state index contributed by atoms with van der Waals surface area (Å²) >= 11 is 3.60.